The molecule has 0 saturated heterocycles. The zero-order valence-electron chi connectivity index (χ0n) is 15.8. The van der Waals surface area contributed by atoms with Gasteiger partial charge >= 0.3 is 0 Å². The highest BCUT2D eigenvalue weighted by molar-refractivity contribution is 9.10. The van der Waals surface area contributed by atoms with Crippen LogP contribution in [0.4, 0.5) is 5.82 Å². The zero-order chi connectivity index (χ0) is 21.9. The average molecular weight is 513 g/mol. The maximum Gasteiger partial charge on any atom is 0.263 e. The molecule has 12 heteroatoms. The zero-order valence-corrected chi connectivity index (χ0v) is 19.0. The molecule has 30 heavy (non-hydrogen) atoms. The summed E-state index contributed by atoms with van der Waals surface area (Å²) in [4.78, 5) is 28.6. The number of rotatable bonds is 7. The van der Waals surface area contributed by atoms with Gasteiger partial charge in [-0.15, -0.1) is 6.58 Å². The summed E-state index contributed by atoms with van der Waals surface area (Å²) in [6, 6.07) is 7.06. The number of aryl methyl sites for hydroxylation is 1. The lowest BCUT2D eigenvalue weighted by molar-refractivity contribution is -0.115. The molecule has 0 aliphatic heterocycles. The van der Waals surface area contributed by atoms with Crippen LogP contribution in [0, 0.1) is 6.92 Å². The number of halogens is 1. The molecule has 2 amide bonds. The average Bonchev–Trinajstić information content (AvgIpc) is 3.17. The Bertz CT molecular complexity index is 1300. The van der Waals surface area contributed by atoms with E-state index < -0.39 is 33.2 Å². The Labute approximate surface area is 184 Å². The molecule has 2 aromatic heterocycles. The number of allylic oxidation sites excluding steroid dienone is 1. The Hall–Kier alpha value is -2.57. The monoisotopic (exact) mass is 512 g/mol. The first-order valence-electron chi connectivity index (χ1n) is 8.58. The Morgan fingerprint density at radius 2 is 2.13 bits per heavy atom. The number of hydrogen-bond acceptors (Lipinski definition) is 7. The van der Waals surface area contributed by atoms with Crippen molar-refractivity contribution in [2.45, 2.75) is 13.5 Å². The highest BCUT2D eigenvalue weighted by atomic mass is 79.9. The Morgan fingerprint density at radius 1 is 1.37 bits per heavy atom. The topological polar surface area (TPSA) is 124 Å². The minimum absolute atomic E-state index is 0.102. The fraction of sp³-hybridized carbons (Fsp3) is 0.222. The number of carbonyl (C=O) groups excluding carboxylic acids is 2. The molecule has 0 saturated carbocycles. The molecule has 3 rings (SSSR count). The fourth-order valence-electron chi connectivity index (χ4n) is 2.62. The highest BCUT2D eigenvalue weighted by Crippen LogP contribution is 2.22. The molecule has 2 heterocycles. The van der Waals surface area contributed by atoms with Gasteiger partial charge in [0.25, 0.3) is 5.91 Å². The SMILES string of the molecule is C=CCn1c(=NC(=O)CS(=O)(=O)CC(=O)Nc2cc(C)on2)sc2cc(Br)ccc21. The van der Waals surface area contributed by atoms with Gasteiger partial charge in [0.05, 0.1) is 10.2 Å². The molecule has 0 bridgehead atoms. The molecule has 0 aliphatic rings. The Kier molecular flexibility index (Phi) is 6.68. The van der Waals surface area contributed by atoms with Crippen LogP contribution < -0.4 is 10.1 Å². The van der Waals surface area contributed by atoms with Crippen molar-refractivity contribution in [1.29, 1.82) is 0 Å². The second-order valence-corrected chi connectivity index (χ2v) is 10.3. The van der Waals surface area contributed by atoms with Crippen LogP contribution in [0.2, 0.25) is 0 Å². The van der Waals surface area contributed by atoms with Gasteiger partial charge in [0, 0.05) is 17.1 Å². The van der Waals surface area contributed by atoms with E-state index in [1.54, 1.807) is 17.6 Å². The van der Waals surface area contributed by atoms with Gasteiger partial charge in [0.2, 0.25) is 5.91 Å². The number of amides is 2. The standard InChI is InChI=1S/C18H17BrN4O5S2/c1-3-6-23-13-5-4-12(19)8-14(13)29-18(23)21-17(25)10-30(26,27)9-16(24)20-15-7-11(2)28-22-15/h3-5,7-8H,1,6,9-10H2,2H3,(H,20,22,24). The molecule has 0 unspecified atom stereocenters. The van der Waals surface area contributed by atoms with Crippen LogP contribution in [0.5, 0.6) is 0 Å². The minimum Gasteiger partial charge on any atom is -0.360 e. The molecular weight excluding hydrogens is 496 g/mol. The van der Waals surface area contributed by atoms with Crippen molar-refractivity contribution in [3.05, 3.63) is 52.0 Å². The number of nitrogens with zero attached hydrogens (tertiary/aromatic N) is 3. The van der Waals surface area contributed by atoms with Gasteiger partial charge in [-0.05, 0) is 25.1 Å². The molecule has 0 spiro atoms. The smallest absolute Gasteiger partial charge is 0.263 e. The van der Waals surface area contributed by atoms with Crippen LogP contribution in [0.15, 0.2) is 50.9 Å². The lowest BCUT2D eigenvalue weighted by Crippen LogP contribution is -2.28. The number of anilines is 1. The van der Waals surface area contributed by atoms with E-state index in [4.69, 9.17) is 4.52 Å². The van der Waals surface area contributed by atoms with Gasteiger partial charge in [0.15, 0.2) is 20.5 Å². The van der Waals surface area contributed by atoms with Gasteiger partial charge < -0.3 is 14.4 Å². The van der Waals surface area contributed by atoms with Crippen molar-refractivity contribution < 1.29 is 22.5 Å². The number of carbonyl (C=O) groups is 2. The minimum atomic E-state index is -4.02. The van der Waals surface area contributed by atoms with Crippen LogP contribution in [-0.4, -0.2) is 41.5 Å². The van der Waals surface area contributed by atoms with E-state index in [0.717, 1.165) is 14.7 Å². The van der Waals surface area contributed by atoms with Crippen molar-refractivity contribution in [2.24, 2.45) is 4.99 Å². The van der Waals surface area contributed by atoms with E-state index in [0.29, 0.717) is 17.1 Å². The second kappa shape index (κ2) is 9.06. The first-order chi connectivity index (χ1) is 14.2. The third-order valence-corrected chi connectivity index (χ3v) is 6.69. The summed E-state index contributed by atoms with van der Waals surface area (Å²) in [5, 5.41) is 5.86. The van der Waals surface area contributed by atoms with E-state index in [2.05, 4.69) is 38.0 Å². The maximum atomic E-state index is 12.3. The maximum absolute atomic E-state index is 12.3. The summed E-state index contributed by atoms with van der Waals surface area (Å²) in [6.45, 7) is 5.74. The van der Waals surface area contributed by atoms with Crippen molar-refractivity contribution >= 4 is 65.0 Å². The van der Waals surface area contributed by atoms with Crippen LogP contribution in [0.25, 0.3) is 10.2 Å². The molecule has 0 aliphatic carbocycles. The molecule has 158 valence electrons. The van der Waals surface area contributed by atoms with Crippen molar-refractivity contribution in [1.82, 2.24) is 9.72 Å². The van der Waals surface area contributed by atoms with Crippen LogP contribution in [-0.2, 0) is 26.0 Å². The largest absolute Gasteiger partial charge is 0.360 e. The number of hydrogen-bond donors (Lipinski definition) is 1. The first kappa shape index (κ1) is 22.1. The highest BCUT2D eigenvalue weighted by Gasteiger charge is 2.22. The lowest BCUT2D eigenvalue weighted by atomic mass is 10.3. The summed E-state index contributed by atoms with van der Waals surface area (Å²) in [7, 11) is -4.02. The van der Waals surface area contributed by atoms with Crippen LogP contribution in [0.1, 0.15) is 5.76 Å². The summed E-state index contributed by atoms with van der Waals surface area (Å²) >= 11 is 4.65. The van der Waals surface area contributed by atoms with Gasteiger partial charge in [-0.3, -0.25) is 9.59 Å². The summed E-state index contributed by atoms with van der Waals surface area (Å²) in [6.07, 6.45) is 1.66. The molecule has 0 atom stereocenters. The second-order valence-electron chi connectivity index (χ2n) is 6.30. The summed E-state index contributed by atoms with van der Waals surface area (Å²) in [5.41, 5.74) is 0.847. The Balaban J connectivity index is 1.78. The molecular formula is C18H17BrN4O5S2. The summed E-state index contributed by atoms with van der Waals surface area (Å²) in [5.74, 6) is -2.86. The third-order valence-electron chi connectivity index (χ3n) is 3.77. The first-order valence-corrected chi connectivity index (χ1v) is 12.0. The molecule has 0 radical (unpaired) electrons. The van der Waals surface area contributed by atoms with Crippen molar-refractivity contribution in [3.8, 4) is 0 Å². The lowest BCUT2D eigenvalue weighted by Gasteiger charge is -2.03. The predicted octanol–water partition coefficient (Wildman–Crippen LogP) is 2.43. The van der Waals surface area contributed by atoms with E-state index in [1.807, 2.05) is 18.2 Å². The van der Waals surface area contributed by atoms with Gasteiger partial charge in [-0.2, -0.15) is 4.99 Å². The Morgan fingerprint density at radius 3 is 2.80 bits per heavy atom. The number of aromatic nitrogens is 2. The number of benzene rings is 1. The number of sulfone groups is 1. The van der Waals surface area contributed by atoms with Gasteiger partial charge in [-0.25, -0.2) is 8.42 Å². The van der Waals surface area contributed by atoms with Crippen LogP contribution >= 0.6 is 27.3 Å². The van der Waals surface area contributed by atoms with Gasteiger partial charge in [-0.1, -0.05) is 38.5 Å². The molecule has 0 fully saturated rings. The fourth-order valence-corrected chi connectivity index (χ4v) is 5.24. The van der Waals surface area contributed by atoms with E-state index in [-0.39, 0.29) is 5.82 Å². The van der Waals surface area contributed by atoms with E-state index in [9.17, 15) is 18.0 Å². The third kappa shape index (κ3) is 5.52. The molecule has 1 N–H and O–H groups in total. The van der Waals surface area contributed by atoms with E-state index in [1.165, 1.54) is 17.4 Å². The summed E-state index contributed by atoms with van der Waals surface area (Å²) < 4.78 is 32.8. The van der Waals surface area contributed by atoms with Crippen molar-refractivity contribution in [2.75, 3.05) is 16.8 Å². The molecule has 3 aromatic rings. The molecule has 1 aromatic carbocycles. The normalized spacial score (nSPS) is 12.3. The quantitative estimate of drug-likeness (QED) is 0.484. The van der Waals surface area contributed by atoms with Gasteiger partial charge in [0.1, 0.15) is 17.3 Å². The van der Waals surface area contributed by atoms with Crippen LogP contribution in [0.3, 0.4) is 0 Å². The predicted molar refractivity (Wildman–Crippen MR) is 117 cm³/mol. The number of thiazole rings is 1. The van der Waals surface area contributed by atoms with E-state index >= 15 is 0 Å². The number of nitrogens with one attached hydrogen (secondary N) is 1. The molecule has 9 nitrogen and oxygen atoms in total. The van der Waals surface area contributed by atoms with Crippen molar-refractivity contribution in [3.63, 3.8) is 0 Å². The number of fused-ring (bicyclic) bond motifs is 1.